The first-order valence-electron chi connectivity index (χ1n) is 9.79. The maximum Gasteiger partial charge on any atom is 0.269 e. The standard InChI is InChI=1S/C22H27N3O3S/c1-22(2,3)17-10-8-15(9-11-17)19(26)23-24-20(27)16-6-4-12-25(14-16)21(28)18-7-5-13-29-18/h5,7-11,13,16H,4,6,12,14H2,1-3H3,(H,23,26)(H,24,27)/t16-/m0/s1. The van der Waals surface area contributed by atoms with Crippen LogP contribution in [-0.4, -0.2) is 35.7 Å². The summed E-state index contributed by atoms with van der Waals surface area (Å²) in [5.41, 5.74) is 6.63. The highest BCUT2D eigenvalue weighted by atomic mass is 32.1. The highest BCUT2D eigenvalue weighted by Gasteiger charge is 2.29. The van der Waals surface area contributed by atoms with Crippen molar-refractivity contribution in [3.8, 4) is 0 Å². The Morgan fingerprint density at radius 2 is 1.79 bits per heavy atom. The maximum atomic E-state index is 12.5. The number of rotatable bonds is 3. The third-order valence-electron chi connectivity index (χ3n) is 5.12. The van der Waals surface area contributed by atoms with Gasteiger partial charge in [-0.1, -0.05) is 39.0 Å². The van der Waals surface area contributed by atoms with Crippen molar-refractivity contribution >= 4 is 29.1 Å². The highest BCUT2D eigenvalue weighted by Crippen LogP contribution is 2.22. The van der Waals surface area contributed by atoms with Crippen molar-refractivity contribution in [1.29, 1.82) is 0 Å². The molecule has 1 aliphatic heterocycles. The Labute approximate surface area is 175 Å². The van der Waals surface area contributed by atoms with E-state index in [1.54, 1.807) is 23.1 Å². The summed E-state index contributed by atoms with van der Waals surface area (Å²) >= 11 is 1.40. The zero-order chi connectivity index (χ0) is 21.0. The molecule has 0 bridgehead atoms. The molecule has 3 amide bonds. The van der Waals surface area contributed by atoms with Gasteiger partial charge in [0.15, 0.2) is 0 Å². The molecule has 1 aliphatic rings. The lowest BCUT2D eigenvalue weighted by molar-refractivity contribution is -0.127. The van der Waals surface area contributed by atoms with E-state index in [1.807, 2.05) is 23.6 Å². The lowest BCUT2D eigenvalue weighted by Crippen LogP contribution is -2.50. The molecule has 0 radical (unpaired) electrons. The second-order valence-electron chi connectivity index (χ2n) is 8.34. The van der Waals surface area contributed by atoms with E-state index in [0.29, 0.717) is 30.0 Å². The Kier molecular flexibility index (Phi) is 6.37. The van der Waals surface area contributed by atoms with Crippen LogP contribution in [0, 0.1) is 5.92 Å². The summed E-state index contributed by atoms with van der Waals surface area (Å²) in [6, 6.07) is 11.0. The summed E-state index contributed by atoms with van der Waals surface area (Å²) < 4.78 is 0. The number of hydrogen-bond donors (Lipinski definition) is 2. The van der Waals surface area contributed by atoms with Crippen LogP contribution >= 0.6 is 11.3 Å². The van der Waals surface area contributed by atoms with Crippen molar-refractivity contribution in [3.63, 3.8) is 0 Å². The van der Waals surface area contributed by atoms with Gasteiger partial charge in [0.1, 0.15) is 0 Å². The first-order chi connectivity index (χ1) is 13.8. The highest BCUT2D eigenvalue weighted by molar-refractivity contribution is 7.12. The summed E-state index contributed by atoms with van der Waals surface area (Å²) in [6.07, 6.45) is 1.45. The van der Waals surface area contributed by atoms with Gasteiger partial charge in [-0.2, -0.15) is 0 Å². The van der Waals surface area contributed by atoms with E-state index in [-0.39, 0.29) is 29.1 Å². The number of piperidine rings is 1. The van der Waals surface area contributed by atoms with Gasteiger partial charge in [-0.05, 0) is 47.4 Å². The number of carbonyl (C=O) groups excluding carboxylic acids is 3. The summed E-state index contributed by atoms with van der Waals surface area (Å²) in [7, 11) is 0. The van der Waals surface area contributed by atoms with Crippen molar-refractivity contribution in [1.82, 2.24) is 15.8 Å². The monoisotopic (exact) mass is 413 g/mol. The fourth-order valence-corrected chi connectivity index (χ4v) is 4.04. The zero-order valence-corrected chi connectivity index (χ0v) is 17.8. The molecule has 1 aromatic carbocycles. The van der Waals surface area contributed by atoms with Crippen LogP contribution in [0.1, 0.15) is 59.2 Å². The van der Waals surface area contributed by atoms with Gasteiger partial charge in [-0.25, -0.2) is 0 Å². The largest absolute Gasteiger partial charge is 0.337 e. The van der Waals surface area contributed by atoms with Crippen LogP contribution in [-0.2, 0) is 10.2 Å². The number of carbonyl (C=O) groups is 3. The molecular formula is C22H27N3O3S. The minimum absolute atomic E-state index is 0.0105. The van der Waals surface area contributed by atoms with E-state index in [1.165, 1.54) is 11.3 Å². The van der Waals surface area contributed by atoms with Gasteiger partial charge in [0.25, 0.3) is 11.8 Å². The molecule has 29 heavy (non-hydrogen) atoms. The van der Waals surface area contributed by atoms with E-state index in [0.717, 1.165) is 12.0 Å². The Morgan fingerprint density at radius 1 is 1.07 bits per heavy atom. The van der Waals surface area contributed by atoms with Crippen molar-refractivity contribution < 1.29 is 14.4 Å². The van der Waals surface area contributed by atoms with Gasteiger partial charge in [0.05, 0.1) is 10.8 Å². The fourth-order valence-electron chi connectivity index (χ4n) is 3.35. The Hall–Kier alpha value is -2.67. The fraction of sp³-hybridized carbons (Fsp3) is 0.409. The molecule has 2 heterocycles. The predicted molar refractivity (Wildman–Crippen MR) is 114 cm³/mol. The quantitative estimate of drug-likeness (QED) is 0.758. The average Bonchev–Trinajstić information content (AvgIpc) is 3.25. The summed E-state index contributed by atoms with van der Waals surface area (Å²) in [5, 5.41) is 1.87. The molecule has 1 atom stereocenters. The number of likely N-dealkylation sites (tertiary alicyclic amines) is 1. The van der Waals surface area contributed by atoms with E-state index < -0.39 is 0 Å². The van der Waals surface area contributed by atoms with E-state index >= 15 is 0 Å². The third-order valence-corrected chi connectivity index (χ3v) is 5.98. The number of thiophene rings is 1. The lowest BCUT2D eigenvalue weighted by atomic mass is 9.87. The molecule has 0 spiro atoms. The molecule has 1 fully saturated rings. The molecule has 0 unspecified atom stereocenters. The molecule has 1 saturated heterocycles. The van der Waals surface area contributed by atoms with Crippen LogP contribution < -0.4 is 10.9 Å². The van der Waals surface area contributed by atoms with Crippen LogP contribution in [0.15, 0.2) is 41.8 Å². The first-order valence-corrected chi connectivity index (χ1v) is 10.7. The number of amides is 3. The number of nitrogens with zero attached hydrogens (tertiary/aromatic N) is 1. The lowest BCUT2D eigenvalue weighted by Gasteiger charge is -2.31. The molecule has 2 N–H and O–H groups in total. The molecule has 0 aliphatic carbocycles. The van der Waals surface area contributed by atoms with Gasteiger partial charge in [-0.3, -0.25) is 25.2 Å². The van der Waals surface area contributed by atoms with E-state index in [2.05, 4.69) is 31.6 Å². The number of hydrogen-bond acceptors (Lipinski definition) is 4. The van der Waals surface area contributed by atoms with Gasteiger partial charge in [-0.15, -0.1) is 11.3 Å². The Morgan fingerprint density at radius 3 is 2.41 bits per heavy atom. The number of nitrogens with one attached hydrogen (secondary N) is 2. The van der Waals surface area contributed by atoms with Gasteiger partial charge < -0.3 is 4.90 Å². The molecular weight excluding hydrogens is 386 g/mol. The second kappa shape index (κ2) is 8.78. The van der Waals surface area contributed by atoms with Crippen molar-refractivity contribution in [2.75, 3.05) is 13.1 Å². The minimum atomic E-state index is -0.360. The second-order valence-corrected chi connectivity index (χ2v) is 9.29. The molecule has 154 valence electrons. The summed E-state index contributed by atoms with van der Waals surface area (Å²) in [6.45, 7) is 7.34. The molecule has 1 aromatic heterocycles. The van der Waals surface area contributed by atoms with Gasteiger partial charge >= 0.3 is 0 Å². The molecule has 7 heteroatoms. The minimum Gasteiger partial charge on any atom is -0.337 e. The Bertz CT molecular complexity index is 870. The normalized spacial score (nSPS) is 16.9. The molecule has 0 saturated carbocycles. The SMILES string of the molecule is CC(C)(C)c1ccc(C(=O)NNC(=O)[C@H]2CCCN(C(=O)c3cccs3)C2)cc1. The van der Waals surface area contributed by atoms with Crippen LogP contribution in [0.4, 0.5) is 0 Å². The average molecular weight is 414 g/mol. The van der Waals surface area contributed by atoms with Crippen molar-refractivity contribution in [2.24, 2.45) is 5.92 Å². The predicted octanol–water partition coefficient (Wildman–Crippen LogP) is 3.36. The third kappa shape index (κ3) is 5.23. The van der Waals surface area contributed by atoms with Crippen LogP contribution in [0.3, 0.4) is 0 Å². The topological polar surface area (TPSA) is 78.5 Å². The van der Waals surface area contributed by atoms with Crippen LogP contribution in [0.25, 0.3) is 0 Å². The molecule has 6 nitrogen and oxygen atoms in total. The number of benzene rings is 1. The van der Waals surface area contributed by atoms with Gasteiger partial charge in [0, 0.05) is 18.7 Å². The van der Waals surface area contributed by atoms with Gasteiger partial charge in [0.2, 0.25) is 5.91 Å². The number of hydrazine groups is 1. The van der Waals surface area contributed by atoms with Crippen LogP contribution in [0.2, 0.25) is 0 Å². The van der Waals surface area contributed by atoms with Crippen molar-refractivity contribution in [2.45, 2.75) is 39.0 Å². The first kappa shape index (κ1) is 21.0. The summed E-state index contributed by atoms with van der Waals surface area (Å²) in [5.74, 6) is -1.01. The van der Waals surface area contributed by atoms with Crippen molar-refractivity contribution in [3.05, 3.63) is 57.8 Å². The molecule has 3 rings (SSSR count). The maximum absolute atomic E-state index is 12.5. The van der Waals surface area contributed by atoms with E-state index in [4.69, 9.17) is 0 Å². The molecule has 2 aromatic rings. The van der Waals surface area contributed by atoms with E-state index in [9.17, 15) is 14.4 Å². The summed E-state index contributed by atoms with van der Waals surface area (Å²) in [4.78, 5) is 39.8. The Balaban J connectivity index is 1.53. The zero-order valence-electron chi connectivity index (χ0n) is 17.0. The smallest absolute Gasteiger partial charge is 0.269 e. The van der Waals surface area contributed by atoms with Crippen LogP contribution in [0.5, 0.6) is 0 Å².